The summed E-state index contributed by atoms with van der Waals surface area (Å²) in [5, 5.41) is 9.79. The molecule has 0 spiro atoms. The van der Waals surface area contributed by atoms with Crippen LogP contribution in [0.3, 0.4) is 0 Å². The quantitative estimate of drug-likeness (QED) is 0.315. The van der Waals surface area contributed by atoms with Crippen molar-refractivity contribution in [1.29, 1.82) is 0 Å². The predicted molar refractivity (Wildman–Crippen MR) is 154 cm³/mol. The van der Waals surface area contributed by atoms with E-state index in [9.17, 15) is 18.4 Å². The lowest BCUT2D eigenvalue weighted by Gasteiger charge is -2.17. The van der Waals surface area contributed by atoms with Crippen LogP contribution in [0.1, 0.15) is 41.6 Å². The number of benzene rings is 2. The lowest BCUT2D eigenvalue weighted by molar-refractivity contribution is 0.0938. The van der Waals surface area contributed by atoms with E-state index < -0.39 is 22.9 Å². The fourth-order valence-electron chi connectivity index (χ4n) is 5.40. The molecule has 1 amide bonds. The first-order valence-corrected chi connectivity index (χ1v) is 13.7. The molecular weight excluding hydrogens is 528 g/mol. The van der Waals surface area contributed by atoms with Crippen LogP contribution in [-0.2, 0) is 0 Å². The number of para-hydroxylation sites is 1. The van der Waals surface area contributed by atoms with E-state index in [0.29, 0.717) is 35.3 Å². The zero-order valence-corrected chi connectivity index (χ0v) is 22.5. The number of fused-ring (bicyclic) bond motifs is 1. The number of pyridine rings is 1. The molecule has 2 aliphatic rings. The average molecular weight is 558 g/mol. The summed E-state index contributed by atoms with van der Waals surface area (Å²) < 4.78 is 30.9. The van der Waals surface area contributed by atoms with Gasteiger partial charge in [0.1, 0.15) is 23.2 Å². The number of aliphatic imine (C=N–C) groups is 1. The number of amides is 1. The summed E-state index contributed by atoms with van der Waals surface area (Å²) in [4.78, 5) is 39.9. The first kappa shape index (κ1) is 26.5. The number of rotatable bonds is 7. The van der Waals surface area contributed by atoms with Gasteiger partial charge in [-0.3, -0.25) is 19.1 Å². The first-order chi connectivity index (χ1) is 19.9. The van der Waals surface area contributed by atoms with Gasteiger partial charge in [0.2, 0.25) is 5.95 Å². The Kier molecular flexibility index (Phi) is 7.17. The smallest absolute Gasteiger partial charge is 0.256 e. The highest BCUT2D eigenvalue weighted by molar-refractivity contribution is 5.98. The molecule has 11 heteroatoms. The Morgan fingerprint density at radius 1 is 1.07 bits per heavy atom. The van der Waals surface area contributed by atoms with Crippen molar-refractivity contribution in [3.05, 3.63) is 81.6 Å². The van der Waals surface area contributed by atoms with Gasteiger partial charge in [-0.15, -0.1) is 0 Å². The van der Waals surface area contributed by atoms with Crippen LogP contribution in [0.4, 0.5) is 14.7 Å². The third-order valence-corrected chi connectivity index (χ3v) is 7.51. The van der Waals surface area contributed by atoms with Crippen molar-refractivity contribution >= 4 is 28.7 Å². The molecule has 1 aliphatic heterocycles. The lowest BCUT2D eigenvalue weighted by Crippen LogP contribution is -2.32. The molecule has 0 bridgehead atoms. The summed E-state index contributed by atoms with van der Waals surface area (Å²) in [5.74, 6) is -1.12. The SMILES string of the molecule is Cc1ccc(C(=O)NC2CCCC2)cc1-c1nc(NCC2=NCCN2)nc2c1ccc(=O)n2-c1c(F)cccc1F. The number of aromatic nitrogens is 3. The highest BCUT2D eigenvalue weighted by Gasteiger charge is 2.22. The van der Waals surface area contributed by atoms with Crippen LogP contribution >= 0.6 is 0 Å². The van der Waals surface area contributed by atoms with Crippen molar-refractivity contribution in [2.45, 2.75) is 38.6 Å². The van der Waals surface area contributed by atoms with Gasteiger partial charge in [-0.2, -0.15) is 4.98 Å². The number of anilines is 1. The second-order valence-electron chi connectivity index (χ2n) is 10.3. The summed E-state index contributed by atoms with van der Waals surface area (Å²) in [7, 11) is 0. The van der Waals surface area contributed by atoms with Gasteiger partial charge in [0.25, 0.3) is 11.5 Å². The van der Waals surface area contributed by atoms with E-state index in [1.807, 2.05) is 13.0 Å². The van der Waals surface area contributed by atoms with Gasteiger partial charge in [0.15, 0.2) is 5.65 Å². The molecular formula is C30H29F2N7O2. The molecule has 2 aromatic heterocycles. The Morgan fingerprint density at radius 3 is 2.59 bits per heavy atom. The van der Waals surface area contributed by atoms with Gasteiger partial charge in [-0.25, -0.2) is 13.8 Å². The minimum absolute atomic E-state index is 0.0236. The van der Waals surface area contributed by atoms with E-state index in [0.717, 1.165) is 60.3 Å². The Morgan fingerprint density at radius 2 is 1.85 bits per heavy atom. The normalized spacial score (nSPS) is 15.1. The van der Waals surface area contributed by atoms with E-state index >= 15 is 0 Å². The number of nitrogens with one attached hydrogen (secondary N) is 3. The number of halogens is 2. The second-order valence-corrected chi connectivity index (χ2v) is 10.3. The van der Waals surface area contributed by atoms with Crippen molar-refractivity contribution in [3.63, 3.8) is 0 Å². The largest absolute Gasteiger partial charge is 0.370 e. The Hall–Kier alpha value is -4.67. The van der Waals surface area contributed by atoms with E-state index in [1.54, 1.807) is 18.2 Å². The fraction of sp³-hybridized carbons (Fsp3) is 0.300. The van der Waals surface area contributed by atoms with Gasteiger partial charge in [0, 0.05) is 35.2 Å². The van der Waals surface area contributed by atoms with E-state index in [2.05, 4.69) is 25.9 Å². The molecule has 41 heavy (non-hydrogen) atoms. The van der Waals surface area contributed by atoms with Gasteiger partial charge in [-0.05, 0) is 55.7 Å². The van der Waals surface area contributed by atoms with E-state index in [1.165, 1.54) is 12.1 Å². The van der Waals surface area contributed by atoms with Crippen LogP contribution in [0.25, 0.3) is 28.0 Å². The molecule has 0 atom stereocenters. The molecule has 1 aliphatic carbocycles. The molecule has 1 fully saturated rings. The second kappa shape index (κ2) is 11.1. The minimum Gasteiger partial charge on any atom is -0.370 e. The zero-order valence-electron chi connectivity index (χ0n) is 22.5. The number of amidine groups is 1. The van der Waals surface area contributed by atoms with Crippen molar-refractivity contribution < 1.29 is 13.6 Å². The molecule has 0 radical (unpaired) electrons. The molecule has 4 aromatic rings. The van der Waals surface area contributed by atoms with Crippen LogP contribution in [0.15, 0.2) is 58.3 Å². The van der Waals surface area contributed by atoms with Crippen molar-refractivity contribution in [2.75, 3.05) is 25.0 Å². The molecule has 3 heterocycles. The predicted octanol–water partition coefficient (Wildman–Crippen LogP) is 4.12. The third kappa shape index (κ3) is 5.27. The van der Waals surface area contributed by atoms with Crippen molar-refractivity contribution in [2.24, 2.45) is 4.99 Å². The molecule has 1 saturated carbocycles. The maximum atomic E-state index is 15.0. The van der Waals surface area contributed by atoms with Crippen molar-refractivity contribution in [3.8, 4) is 16.9 Å². The Balaban J connectivity index is 1.53. The summed E-state index contributed by atoms with van der Waals surface area (Å²) in [5.41, 5.74) is 1.19. The highest BCUT2D eigenvalue weighted by atomic mass is 19.1. The van der Waals surface area contributed by atoms with Gasteiger partial charge >= 0.3 is 0 Å². The molecule has 0 saturated heterocycles. The monoisotopic (exact) mass is 557 g/mol. The molecule has 6 rings (SSSR count). The highest BCUT2D eigenvalue weighted by Crippen LogP contribution is 2.32. The van der Waals surface area contributed by atoms with E-state index in [-0.39, 0.29) is 23.5 Å². The number of aryl methyl sites for hydroxylation is 1. The molecule has 0 unspecified atom stereocenters. The molecule has 3 N–H and O–H groups in total. The first-order valence-electron chi connectivity index (χ1n) is 13.7. The van der Waals surface area contributed by atoms with Gasteiger partial charge < -0.3 is 16.0 Å². The maximum Gasteiger partial charge on any atom is 0.256 e. The van der Waals surface area contributed by atoms with Crippen LogP contribution in [0.2, 0.25) is 0 Å². The van der Waals surface area contributed by atoms with Crippen molar-refractivity contribution in [1.82, 2.24) is 25.2 Å². The third-order valence-electron chi connectivity index (χ3n) is 7.51. The number of carbonyl (C=O) groups is 1. The van der Waals surface area contributed by atoms with E-state index in [4.69, 9.17) is 4.98 Å². The molecule has 210 valence electrons. The number of carbonyl (C=O) groups excluding carboxylic acids is 1. The topological polar surface area (TPSA) is 113 Å². The number of nitrogens with zero attached hydrogens (tertiary/aromatic N) is 4. The van der Waals surface area contributed by atoms with Gasteiger partial charge in [0.05, 0.1) is 18.8 Å². The Labute approximate surface area is 234 Å². The summed E-state index contributed by atoms with van der Waals surface area (Å²) in [6.07, 6.45) is 4.11. The lowest BCUT2D eigenvalue weighted by atomic mass is 9.99. The van der Waals surface area contributed by atoms with Crippen LogP contribution < -0.4 is 21.5 Å². The summed E-state index contributed by atoms with van der Waals surface area (Å²) >= 11 is 0. The fourth-order valence-corrected chi connectivity index (χ4v) is 5.40. The van der Waals surface area contributed by atoms with Gasteiger partial charge in [-0.1, -0.05) is 25.0 Å². The minimum atomic E-state index is -0.902. The summed E-state index contributed by atoms with van der Waals surface area (Å²) in [6.45, 7) is 3.56. The van der Waals surface area contributed by atoms with Crippen LogP contribution in [0, 0.1) is 18.6 Å². The number of hydrogen-bond donors (Lipinski definition) is 3. The van der Waals surface area contributed by atoms with Crippen LogP contribution in [0.5, 0.6) is 0 Å². The standard InChI is InChI=1S/C30H29F2N7O2/c1-17-9-10-18(29(41)36-19-5-2-3-6-19)15-21(17)26-20-11-12-25(40)39(27-22(31)7-4-8-23(27)32)28(20)38-30(37-26)35-16-24-33-13-14-34-24/h4,7-12,15,19H,2-3,5-6,13-14,16H2,1H3,(H,33,34)(H,36,41)(H,35,37,38). The number of hydrogen-bond acceptors (Lipinski definition) is 7. The molecule has 9 nitrogen and oxygen atoms in total. The van der Waals surface area contributed by atoms with Crippen LogP contribution in [-0.4, -0.2) is 52.0 Å². The summed E-state index contributed by atoms with van der Waals surface area (Å²) in [6, 6.07) is 11.7. The average Bonchev–Trinajstić information content (AvgIpc) is 3.67. The zero-order chi connectivity index (χ0) is 28.5. The molecule has 2 aromatic carbocycles. The Bertz CT molecular complexity index is 1730. The maximum absolute atomic E-state index is 15.0.